The Morgan fingerprint density at radius 3 is 2.73 bits per heavy atom. The fourth-order valence-corrected chi connectivity index (χ4v) is 4.56. The first-order valence-corrected chi connectivity index (χ1v) is 10.0. The van der Waals surface area contributed by atoms with Crippen molar-refractivity contribution in [2.24, 2.45) is 5.16 Å². The van der Waals surface area contributed by atoms with E-state index < -0.39 is 47.8 Å². The number of fused-ring (bicyclic) bond motifs is 1. The standard InChI is InChI=1S/C16H15N5O7S2/c1-2-6-4-29-14-10(13(25)21(14)11(6)15(26)27)19-12(24)9(20-28-3-8(22)23)7-5-30-16(17)18-7/h2,4-5,10-11,14H,1,3H2,(H2,17,18)(H,19,24)(H,22,23)(H,26,27)/b20-9-/t10-,11?,14-/m1/s1. The van der Waals surface area contributed by atoms with Gasteiger partial charge in [-0.15, -0.1) is 23.1 Å². The highest BCUT2D eigenvalue weighted by atomic mass is 32.2. The lowest BCUT2D eigenvalue weighted by Gasteiger charge is -2.51. The van der Waals surface area contributed by atoms with Gasteiger partial charge in [0, 0.05) is 5.38 Å². The van der Waals surface area contributed by atoms with E-state index in [2.05, 4.69) is 26.9 Å². The van der Waals surface area contributed by atoms with Crippen molar-refractivity contribution >= 4 is 57.7 Å². The topological polar surface area (TPSA) is 185 Å². The number of carbonyl (C=O) groups is 4. The number of amides is 2. The number of carboxylic acids is 2. The maximum Gasteiger partial charge on any atom is 0.344 e. The highest BCUT2D eigenvalue weighted by Crippen LogP contribution is 2.40. The molecule has 1 fully saturated rings. The molecule has 0 aliphatic carbocycles. The van der Waals surface area contributed by atoms with E-state index in [1.165, 1.54) is 23.2 Å². The summed E-state index contributed by atoms with van der Waals surface area (Å²) in [4.78, 5) is 57.2. The first-order chi connectivity index (χ1) is 14.2. The number of thiazole rings is 1. The summed E-state index contributed by atoms with van der Waals surface area (Å²) < 4.78 is 0. The minimum Gasteiger partial charge on any atom is -0.479 e. The van der Waals surface area contributed by atoms with Gasteiger partial charge in [0.1, 0.15) is 17.1 Å². The molecule has 1 aromatic heterocycles. The molecule has 0 bridgehead atoms. The van der Waals surface area contributed by atoms with Gasteiger partial charge in [-0.2, -0.15) is 0 Å². The second kappa shape index (κ2) is 8.54. The number of aromatic nitrogens is 1. The zero-order valence-electron chi connectivity index (χ0n) is 15.0. The number of aliphatic carboxylic acids is 2. The number of hydrogen-bond donors (Lipinski definition) is 4. The van der Waals surface area contributed by atoms with Crippen LogP contribution >= 0.6 is 23.1 Å². The molecule has 3 rings (SSSR count). The van der Waals surface area contributed by atoms with Crippen LogP contribution in [0.15, 0.2) is 34.2 Å². The van der Waals surface area contributed by atoms with Gasteiger partial charge >= 0.3 is 11.9 Å². The predicted octanol–water partition coefficient (Wildman–Crippen LogP) is -0.546. The monoisotopic (exact) mass is 453 g/mol. The quantitative estimate of drug-likeness (QED) is 0.226. The van der Waals surface area contributed by atoms with Crippen molar-refractivity contribution in [2.75, 3.05) is 12.3 Å². The summed E-state index contributed by atoms with van der Waals surface area (Å²) in [5.41, 5.74) is 5.60. The molecule has 3 heterocycles. The van der Waals surface area contributed by atoms with Crippen LogP contribution < -0.4 is 11.1 Å². The van der Waals surface area contributed by atoms with Gasteiger partial charge in [-0.1, -0.05) is 17.8 Å². The van der Waals surface area contributed by atoms with Crippen LogP contribution in [0.3, 0.4) is 0 Å². The van der Waals surface area contributed by atoms with E-state index in [0.717, 1.165) is 16.2 Å². The molecule has 2 aliphatic heterocycles. The van der Waals surface area contributed by atoms with Crippen molar-refractivity contribution in [3.63, 3.8) is 0 Å². The molecule has 1 unspecified atom stereocenters. The molecule has 158 valence electrons. The SMILES string of the molecule is C=CC1=CS[C@@H]2[C@H](NC(=O)/C(=N\OCC(=O)O)c3csc(N)n3)C(=O)N2C1C(=O)O. The van der Waals surface area contributed by atoms with Crippen LogP contribution in [0.5, 0.6) is 0 Å². The normalized spacial score (nSPS) is 23.0. The van der Waals surface area contributed by atoms with E-state index in [1.807, 2.05) is 0 Å². The number of β-lactam (4-membered cyclic amide) rings is 1. The molecule has 2 aliphatic rings. The van der Waals surface area contributed by atoms with Crippen molar-refractivity contribution in [2.45, 2.75) is 17.5 Å². The van der Waals surface area contributed by atoms with E-state index in [1.54, 1.807) is 5.41 Å². The number of oxime groups is 1. The summed E-state index contributed by atoms with van der Waals surface area (Å²) in [6, 6.07) is -2.22. The molecule has 0 saturated carbocycles. The fraction of sp³-hybridized carbons (Fsp3) is 0.250. The predicted molar refractivity (Wildman–Crippen MR) is 107 cm³/mol. The number of hydrogen-bond acceptors (Lipinski definition) is 10. The molecular weight excluding hydrogens is 438 g/mol. The van der Waals surface area contributed by atoms with Gasteiger partial charge in [-0.3, -0.25) is 9.59 Å². The Bertz CT molecular complexity index is 988. The van der Waals surface area contributed by atoms with Gasteiger partial charge in [-0.25, -0.2) is 14.6 Å². The van der Waals surface area contributed by atoms with Gasteiger partial charge in [0.05, 0.1) is 0 Å². The zero-order chi connectivity index (χ0) is 22.0. The van der Waals surface area contributed by atoms with E-state index >= 15 is 0 Å². The number of carboxylic acid groups (broad SMARTS) is 2. The Balaban J connectivity index is 1.79. The summed E-state index contributed by atoms with van der Waals surface area (Å²) in [5, 5.41) is 26.6. The van der Waals surface area contributed by atoms with Crippen LogP contribution in [0.2, 0.25) is 0 Å². The first-order valence-electron chi connectivity index (χ1n) is 8.21. The lowest BCUT2D eigenvalue weighted by atomic mass is 9.98. The number of nitrogens with one attached hydrogen (secondary N) is 1. The molecule has 0 spiro atoms. The molecule has 3 atom stereocenters. The smallest absolute Gasteiger partial charge is 0.344 e. The second-order valence-corrected chi connectivity index (χ2v) is 7.84. The van der Waals surface area contributed by atoms with Crippen molar-refractivity contribution in [1.82, 2.24) is 15.2 Å². The molecule has 0 radical (unpaired) electrons. The summed E-state index contributed by atoms with van der Waals surface area (Å²) in [6.07, 6.45) is 1.36. The molecule has 14 heteroatoms. The van der Waals surface area contributed by atoms with Gasteiger partial charge in [0.2, 0.25) is 12.5 Å². The van der Waals surface area contributed by atoms with Crippen LogP contribution in [0.25, 0.3) is 0 Å². The third-order valence-electron chi connectivity index (χ3n) is 4.10. The Hall–Kier alpha value is -3.39. The van der Waals surface area contributed by atoms with Crippen LogP contribution in [0, 0.1) is 0 Å². The first kappa shape index (κ1) is 21.3. The maximum atomic E-state index is 12.7. The Morgan fingerprint density at radius 2 is 2.17 bits per heavy atom. The van der Waals surface area contributed by atoms with Gasteiger partial charge < -0.3 is 31.0 Å². The number of thioether (sulfide) groups is 1. The highest BCUT2D eigenvalue weighted by molar-refractivity contribution is 8.03. The summed E-state index contributed by atoms with van der Waals surface area (Å²) in [5.74, 6) is -3.96. The Labute approximate surface area is 177 Å². The third kappa shape index (κ3) is 3.99. The van der Waals surface area contributed by atoms with E-state index in [0.29, 0.717) is 5.57 Å². The molecule has 5 N–H and O–H groups in total. The number of nitrogens with two attached hydrogens (primary N) is 1. The van der Waals surface area contributed by atoms with Gasteiger partial charge in [-0.05, 0) is 11.0 Å². The zero-order valence-corrected chi connectivity index (χ0v) is 16.7. The van der Waals surface area contributed by atoms with Crippen molar-refractivity contribution < 1.29 is 34.2 Å². The number of nitrogen functional groups attached to an aromatic ring is 1. The number of anilines is 1. The average molecular weight is 453 g/mol. The number of nitrogens with zero attached hydrogens (tertiary/aromatic N) is 3. The minimum atomic E-state index is -1.30. The van der Waals surface area contributed by atoms with Crippen molar-refractivity contribution in [1.29, 1.82) is 0 Å². The molecule has 1 aromatic rings. The minimum absolute atomic E-state index is 0.0394. The molecule has 0 aromatic carbocycles. The average Bonchev–Trinajstić information content (AvgIpc) is 3.13. The fourth-order valence-electron chi connectivity index (χ4n) is 2.79. The van der Waals surface area contributed by atoms with E-state index in [-0.39, 0.29) is 16.5 Å². The molecule has 1 saturated heterocycles. The highest BCUT2D eigenvalue weighted by Gasteiger charge is 2.55. The molecule has 12 nitrogen and oxygen atoms in total. The third-order valence-corrected chi connectivity index (χ3v) is 5.96. The van der Waals surface area contributed by atoms with Crippen LogP contribution in [0.4, 0.5) is 5.13 Å². The van der Waals surface area contributed by atoms with Crippen molar-refractivity contribution in [3.05, 3.63) is 34.7 Å². The van der Waals surface area contributed by atoms with Gasteiger partial charge in [0.25, 0.3) is 5.91 Å². The van der Waals surface area contributed by atoms with Crippen LogP contribution in [0.1, 0.15) is 5.69 Å². The Morgan fingerprint density at radius 1 is 1.43 bits per heavy atom. The lowest BCUT2D eigenvalue weighted by Crippen LogP contribution is -2.74. The largest absolute Gasteiger partial charge is 0.479 e. The van der Waals surface area contributed by atoms with Crippen molar-refractivity contribution in [3.8, 4) is 0 Å². The lowest BCUT2D eigenvalue weighted by molar-refractivity contribution is -0.159. The maximum absolute atomic E-state index is 12.7. The number of rotatable bonds is 8. The second-order valence-electron chi connectivity index (χ2n) is 5.96. The molecular formula is C16H15N5O7S2. The van der Waals surface area contributed by atoms with Gasteiger partial charge in [0.15, 0.2) is 16.9 Å². The summed E-state index contributed by atoms with van der Waals surface area (Å²) in [7, 11) is 0. The summed E-state index contributed by atoms with van der Waals surface area (Å²) >= 11 is 2.19. The van der Waals surface area contributed by atoms with E-state index in [9.17, 15) is 24.3 Å². The molecule has 2 amide bonds. The van der Waals surface area contributed by atoms with Crippen LogP contribution in [-0.2, 0) is 24.0 Å². The molecule has 30 heavy (non-hydrogen) atoms. The van der Waals surface area contributed by atoms with Crippen LogP contribution in [-0.4, -0.2) is 73.6 Å². The number of carbonyl (C=O) groups excluding carboxylic acids is 2. The van der Waals surface area contributed by atoms with E-state index in [4.69, 9.17) is 10.8 Å². The Kier molecular flexibility index (Phi) is 6.07. The summed E-state index contributed by atoms with van der Waals surface area (Å²) in [6.45, 7) is 2.76.